The number of fused-ring (bicyclic) bond motifs is 1. The summed E-state index contributed by atoms with van der Waals surface area (Å²) in [7, 11) is -9.26. The molecule has 0 aliphatic heterocycles. The summed E-state index contributed by atoms with van der Waals surface area (Å²) >= 11 is 0. The Morgan fingerprint density at radius 2 is 1.23 bits per heavy atom. The molecule has 4 rings (SSSR count). The number of azo groups is 1. The summed E-state index contributed by atoms with van der Waals surface area (Å²) in [4.78, 5) is -0.861. The third kappa shape index (κ3) is 5.28. The van der Waals surface area contributed by atoms with Gasteiger partial charge in [-0.05, 0) is 35.4 Å². The lowest BCUT2D eigenvalue weighted by molar-refractivity contribution is 0.480. The minimum atomic E-state index is -4.75. The highest BCUT2D eigenvalue weighted by Gasteiger charge is 2.20. The molecule has 9 nitrogen and oxygen atoms in total. The summed E-state index contributed by atoms with van der Waals surface area (Å²) in [5.41, 5.74) is 7.04. The fourth-order valence-corrected chi connectivity index (χ4v) is 5.06. The van der Waals surface area contributed by atoms with Crippen molar-refractivity contribution >= 4 is 60.2 Å². The quantitative estimate of drug-likeness (QED) is 0.134. The molecule has 35 heavy (non-hydrogen) atoms. The number of anilines is 1. The summed E-state index contributed by atoms with van der Waals surface area (Å²) in [6.07, 6.45) is 2.60. The average Bonchev–Trinajstić information content (AvgIpc) is 2.81. The second kappa shape index (κ2) is 9.39. The van der Waals surface area contributed by atoms with Crippen LogP contribution < -0.4 is 5.73 Å². The molecule has 0 aromatic heterocycles. The maximum Gasteiger partial charge on any atom is 0.297 e. The van der Waals surface area contributed by atoms with E-state index in [0.717, 1.165) is 5.39 Å². The van der Waals surface area contributed by atoms with Gasteiger partial charge in [-0.25, -0.2) is 0 Å². The predicted molar refractivity (Wildman–Crippen MR) is 134 cm³/mol. The largest absolute Gasteiger partial charge is 0.398 e. The summed E-state index contributed by atoms with van der Waals surface area (Å²) in [5, 5.41) is 9.72. The van der Waals surface area contributed by atoms with Gasteiger partial charge in [-0.1, -0.05) is 66.7 Å². The van der Waals surface area contributed by atoms with Crippen LogP contribution in [0.4, 0.5) is 17.1 Å². The van der Waals surface area contributed by atoms with Crippen LogP contribution in [-0.4, -0.2) is 25.9 Å². The van der Waals surface area contributed by atoms with E-state index in [1.165, 1.54) is 48.6 Å². The van der Waals surface area contributed by atoms with Crippen LogP contribution in [-0.2, 0) is 20.2 Å². The molecule has 11 heteroatoms. The molecule has 0 spiro atoms. The summed E-state index contributed by atoms with van der Waals surface area (Å²) in [5.74, 6) is 0. The van der Waals surface area contributed by atoms with Crippen LogP contribution in [0.15, 0.2) is 98.9 Å². The van der Waals surface area contributed by atoms with Crippen LogP contribution >= 0.6 is 0 Å². The number of benzene rings is 4. The van der Waals surface area contributed by atoms with Gasteiger partial charge >= 0.3 is 0 Å². The maximum absolute atomic E-state index is 12.2. The maximum atomic E-state index is 12.2. The van der Waals surface area contributed by atoms with Crippen molar-refractivity contribution < 1.29 is 25.9 Å². The lowest BCUT2D eigenvalue weighted by atomic mass is 10.1. The number of nitrogens with zero attached hydrogens (tertiary/aromatic N) is 2. The van der Waals surface area contributed by atoms with Gasteiger partial charge < -0.3 is 5.73 Å². The van der Waals surface area contributed by atoms with Crippen molar-refractivity contribution in [2.75, 3.05) is 5.73 Å². The zero-order chi connectivity index (χ0) is 25.2. The van der Waals surface area contributed by atoms with E-state index >= 15 is 0 Å². The van der Waals surface area contributed by atoms with Crippen LogP contribution in [0.5, 0.6) is 0 Å². The minimum Gasteiger partial charge on any atom is -0.398 e. The Labute approximate surface area is 201 Å². The van der Waals surface area contributed by atoms with Crippen molar-refractivity contribution in [3.8, 4) is 0 Å². The molecule has 0 heterocycles. The number of hydrogen-bond donors (Lipinski definition) is 3. The second-order valence-corrected chi connectivity index (χ2v) is 10.2. The lowest BCUT2D eigenvalue weighted by Crippen LogP contribution is -2.02. The summed E-state index contributed by atoms with van der Waals surface area (Å²) < 4.78 is 67.1. The van der Waals surface area contributed by atoms with Crippen molar-refractivity contribution in [3.63, 3.8) is 0 Å². The smallest absolute Gasteiger partial charge is 0.297 e. The minimum absolute atomic E-state index is 0.0382. The van der Waals surface area contributed by atoms with E-state index < -0.39 is 25.1 Å². The topological polar surface area (TPSA) is 159 Å². The van der Waals surface area contributed by atoms with E-state index in [-0.39, 0.29) is 21.7 Å². The number of nitrogen functional groups attached to an aromatic ring is 1. The Hall–Kier alpha value is -3.90. The zero-order valence-corrected chi connectivity index (χ0v) is 19.6. The molecule has 0 unspecified atom stereocenters. The van der Waals surface area contributed by atoms with Crippen molar-refractivity contribution in [1.29, 1.82) is 0 Å². The molecule has 0 aliphatic carbocycles. The molecule has 0 bridgehead atoms. The van der Waals surface area contributed by atoms with Crippen molar-refractivity contribution in [2.24, 2.45) is 10.2 Å². The van der Waals surface area contributed by atoms with Gasteiger partial charge in [0.25, 0.3) is 20.2 Å². The highest BCUT2D eigenvalue weighted by Crippen LogP contribution is 2.34. The van der Waals surface area contributed by atoms with Gasteiger partial charge in [0.2, 0.25) is 0 Å². The molecule has 0 radical (unpaired) electrons. The first-order valence-electron chi connectivity index (χ1n) is 10.1. The molecule has 0 saturated heterocycles. The number of hydrogen-bond acceptors (Lipinski definition) is 7. The SMILES string of the molecule is Nc1ccc(N=Nc2cccc(C=Cc3ccccc3S(=O)(=O)O)c2S(=O)(=O)O)c2ccccc12. The number of rotatable bonds is 6. The Bertz CT molecular complexity index is 1710. The first-order valence-corrected chi connectivity index (χ1v) is 13.0. The standard InChI is InChI=1S/C24H19N3O6S2/c25-20-14-15-21(19-9-3-2-8-18(19)20)26-27-22-10-5-7-17(24(22)35(31,32)33)13-12-16-6-1-4-11-23(16)34(28,29)30/h1-15H,25H2,(H,28,29,30)(H,31,32,33). The fourth-order valence-electron chi connectivity index (χ4n) is 3.57. The van der Waals surface area contributed by atoms with E-state index in [9.17, 15) is 25.9 Å². The predicted octanol–water partition coefficient (Wildman–Crippen LogP) is 5.50. The molecule has 0 fully saturated rings. The monoisotopic (exact) mass is 509 g/mol. The van der Waals surface area contributed by atoms with E-state index in [2.05, 4.69) is 10.2 Å². The molecule has 0 atom stereocenters. The van der Waals surface area contributed by atoms with E-state index in [1.807, 2.05) is 12.1 Å². The third-order valence-electron chi connectivity index (χ3n) is 5.12. The normalized spacial score (nSPS) is 12.6. The van der Waals surface area contributed by atoms with Crippen molar-refractivity contribution in [2.45, 2.75) is 9.79 Å². The summed E-state index contributed by atoms with van der Waals surface area (Å²) in [6.45, 7) is 0. The van der Waals surface area contributed by atoms with Gasteiger partial charge in [-0.3, -0.25) is 9.11 Å². The van der Waals surface area contributed by atoms with Crippen LogP contribution in [0.25, 0.3) is 22.9 Å². The molecule has 0 saturated carbocycles. The first-order chi connectivity index (χ1) is 16.6. The van der Waals surface area contributed by atoms with Gasteiger partial charge in [0.05, 0.1) is 5.69 Å². The molecule has 178 valence electrons. The fraction of sp³-hybridized carbons (Fsp3) is 0. The lowest BCUT2D eigenvalue weighted by Gasteiger charge is -2.08. The third-order valence-corrected chi connectivity index (χ3v) is 7.01. The highest BCUT2D eigenvalue weighted by molar-refractivity contribution is 7.86. The van der Waals surface area contributed by atoms with Crippen molar-refractivity contribution in [3.05, 3.63) is 90.0 Å². The molecule has 0 aliphatic rings. The van der Waals surface area contributed by atoms with Crippen LogP contribution in [0, 0.1) is 0 Å². The van der Waals surface area contributed by atoms with Crippen LogP contribution in [0.2, 0.25) is 0 Å². The van der Waals surface area contributed by atoms with Gasteiger partial charge in [0, 0.05) is 16.5 Å². The van der Waals surface area contributed by atoms with Gasteiger partial charge in [-0.15, -0.1) is 10.2 Å². The first kappa shape index (κ1) is 24.2. The Morgan fingerprint density at radius 1 is 0.629 bits per heavy atom. The van der Waals surface area contributed by atoms with Crippen LogP contribution in [0.1, 0.15) is 11.1 Å². The molecule has 4 aromatic rings. The Morgan fingerprint density at radius 3 is 1.94 bits per heavy atom. The Kier molecular flexibility index (Phi) is 6.50. The van der Waals surface area contributed by atoms with Crippen LogP contribution in [0.3, 0.4) is 0 Å². The zero-order valence-electron chi connectivity index (χ0n) is 18.0. The van der Waals surface area contributed by atoms with E-state index in [1.54, 1.807) is 30.3 Å². The molecular weight excluding hydrogens is 490 g/mol. The Balaban J connectivity index is 1.81. The average molecular weight is 510 g/mol. The van der Waals surface area contributed by atoms with Gasteiger partial charge in [-0.2, -0.15) is 16.8 Å². The van der Waals surface area contributed by atoms with Gasteiger partial charge in [0.1, 0.15) is 15.5 Å². The van der Waals surface area contributed by atoms with E-state index in [0.29, 0.717) is 16.8 Å². The molecule has 0 amide bonds. The van der Waals surface area contributed by atoms with Crippen molar-refractivity contribution in [1.82, 2.24) is 0 Å². The second-order valence-electron chi connectivity index (χ2n) is 7.44. The highest BCUT2D eigenvalue weighted by atomic mass is 32.2. The summed E-state index contributed by atoms with van der Waals surface area (Å²) in [6, 6.07) is 20.5. The molecule has 4 N–H and O–H groups in total. The van der Waals surface area contributed by atoms with E-state index in [4.69, 9.17) is 5.73 Å². The number of nitrogens with two attached hydrogens (primary N) is 1. The molecule has 4 aromatic carbocycles. The van der Waals surface area contributed by atoms with Gasteiger partial charge in [0.15, 0.2) is 0 Å². The molecular formula is C24H19N3O6S2.